The highest BCUT2D eigenvalue weighted by Crippen LogP contribution is 2.31. The average Bonchev–Trinajstić information content (AvgIpc) is 3.03. The van der Waals surface area contributed by atoms with Gasteiger partial charge in [0.05, 0.1) is 20.8 Å². The fourth-order valence-corrected chi connectivity index (χ4v) is 2.73. The van der Waals surface area contributed by atoms with Gasteiger partial charge in [0.15, 0.2) is 11.5 Å². The topological polar surface area (TPSA) is 62.3 Å². The molecule has 2 N–H and O–H groups in total. The van der Waals surface area contributed by atoms with Crippen LogP contribution < -0.4 is 15.2 Å². The number of rotatable bonds is 6. The molecule has 0 saturated heterocycles. The van der Waals surface area contributed by atoms with Crippen molar-refractivity contribution in [1.29, 1.82) is 0 Å². The lowest BCUT2D eigenvalue weighted by Gasteiger charge is -2.14. The zero-order valence-corrected chi connectivity index (χ0v) is 13.9. The van der Waals surface area contributed by atoms with Gasteiger partial charge in [0.1, 0.15) is 5.82 Å². The van der Waals surface area contributed by atoms with Crippen LogP contribution in [0.5, 0.6) is 11.5 Å². The molecule has 5 nitrogen and oxygen atoms in total. The minimum atomic E-state index is 0.671. The molecule has 124 valence electrons. The van der Waals surface area contributed by atoms with Crippen molar-refractivity contribution in [3.8, 4) is 11.5 Å². The maximum Gasteiger partial charge on any atom is 0.165 e. The molecule has 0 unspecified atom stereocenters. The van der Waals surface area contributed by atoms with E-state index in [1.165, 1.54) is 5.56 Å². The van der Waals surface area contributed by atoms with Crippen LogP contribution in [0.2, 0.25) is 0 Å². The molecule has 5 heteroatoms. The first-order chi connectivity index (χ1) is 11.7. The van der Waals surface area contributed by atoms with Crippen molar-refractivity contribution in [3.63, 3.8) is 0 Å². The van der Waals surface area contributed by atoms with Crippen molar-refractivity contribution in [2.24, 2.45) is 0 Å². The van der Waals surface area contributed by atoms with Crippen molar-refractivity contribution in [2.45, 2.75) is 13.0 Å². The number of aromatic nitrogens is 2. The van der Waals surface area contributed by atoms with Gasteiger partial charge in [0, 0.05) is 30.1 Å². The van der Waals surface area contributed by atoms with E-state index in [9.17, 15) is 0 Å². The Morgan fingerprint density at radius 3 is 2.54 bits per heavy atom. The van der Waals surface area contributed by atoms with Crippen molar-refractivity contribution < 1.29 is 9.47 Å². The summed E-state index contributed by atoms with van der Waals surface area (Å²) >= 11 is 0. The summed E-state index contributed by atoms with van der Waals surface area (Å²) in [5.41, 5.74) is 8.74. The first kappa shape index (κ1) is 15.9. The fraction of sp³-hybridized carbons (Fsp3) is 0.211. The second-order valence-electron chi connectivity index (χ2n) is 5.54. The third-order valence-corrected chi connectivity index (χ3v) is 3.97. The summed E-state index contributed by atoms with van der Waals surface area (Å²) in [6.45, 7) is 0.671. The molecule has 0 saturated carbocycles. The lowest BCUT2D eigenvalue weighted by Crippen LogP contribution is -2.07. The molecule has 1 heterocycles. The molecule has 0 bridgehead atoms. The third kappa shape index (κ3) is 3.35. The number of nitrogens with two attached hydrogens (primary N) is 1. The van der Waals surface area contributed by atoms with Gasteiger partial charge in [-0.3, -0.25) is 0 Å². The minimum absolute atomic E-state index is 0.671. The Bertz CT molecular complexity index is 810. The van der Waals surface area contributed by atoms with Crippen LogP contribution in [-0.4, -0.2) is 23.8 Å². The maximum absolute atomic E-state index is 5.74. The smallest absolute Gasteiger partial charge is 0.165 e. The molecule has 0 aliphatic heterocycles. The molecule has 0 aliphatic carbocycles. The van der Waals surface area contributed by atoms with E-state index >= 15 is 0 Å². The van der Waals surface area contributed by atoms with Crippen molar-refractivity contribution >= 4 is 5.69 Å². The molecule has 0 spiro atoms. The predicted octanol–water partition coefficient (Wildman–Crippen LogP) is 3.12. The lowest BCUT2D eigenvalue weighted by molar-refractivity contribution is 0.351. The van der Waals surface area contributed by atoms with Crippen molar-refractivity contribution in [2.75, 3.05) is 20.0 Å². The lowest BCUT2D eigenvalue weighted by atomic mass is 10.1. The zero-order valence-electron chi connectivity index (χ0n) is 13.9. The van der Waals surface area contributed by atoms with E-state index in [1.54, 1.807) is 14.2 Å². The summed E-state index contributed by atoms with van der Waals surface area (Å²) < 4.78 is 13.0. The number of imidazole rings is 1. The summed E-state index contributed by atoms with van der Waals surface area (Å²) in [5, 5.41) is 0. The van der Waals surface area contributed by atoms with Crippen LogP contribution in [0.3, 0.4) is 0 Å². The van der Waals surface area contributed by atoms with E-state index in [2.05, 4.69) is 9.55 Å². The zero-order chi connectivity index (χ0) is 16.9. The number of benzene rings is 2. The van der Waals surface area contributed by atoms with E-state index in [0.717, 1.165) is 35.0 Å². The quantitative estimate of drug-likeness (QED) is 0.708. The van der Waals surface area contributed by atoms with Gasteiger partial charge in [-0.05, 0) is 23.8 Å². The van der Waals surface area contributed by atoms with Crippen LogP contribution in [0.25, 0.3) is 0 Å². The predicted molar refractivity (Wildman–Crippen MR) is 94.5 cm³/mol. The van der Waals surface area contributed by atoms with Gasteiger partial charge in [-0.1, -0.05) is 24.3 Å². The number of hydrogen-bond acceptors (Lipinski definition) is 4. The van der Waals surface area contributed by atoms with Gasteiger partial charge < -0.3 is 19.8 Å². The summed E-state index contributed by atoms with van der Waals surface area (Å²) in [5.74, 6) is 2.48. The second-order valence-corrected chi connectivity index (χ2v) is 5.54. The number of nitrogens with zero attached hydrogens (tertiary/aromatic N) is 2. The summed E-state index contributed by atoms with van der Waals surface area (Å²) in [6.07, 6.45) is 4.55. The highest BCUT2D eigenvalue weighted by Gasteiger charge is 2.12. The van der Waals surface area contributed by atoms with Crippen LogP contribution in [-0.2, 0) is 13.0 Å². The molecule has 0 radical (unpaired) electrons. The normalized spacial score (nSPS) is 10.6. The Morgan fingerprint density at radius 2 is 1.83 bits per heavy atom. The van der Waals surface area contributed by atoms with E-state index in [1.807, 2.05) is 54.9 Å². The molecule has 0 fully saturated rings. The van der Waals surface area contributed by atoms with Gasteiger partial charge >= 0.3 is 0 Å². The highest BCUT2D eigenvalue weighted by molar-refractivity contribution is 5.46. The number of nitrogen functional groups attached to an aromatic ring is 1. The van der Waals surface area contributed by atoms with Crippen molar-refractivity contribution in [1.82, 2.24) is 9.55 Å². The van der Waals surface area contributed by atoms with Crippen molar-refractivity contribution in [3.05, 3.63) is 71.8 Å². The second kappa shape index (κ2) is 7.08. The molecule has 0 aliphatic rings. The Labute approximate surface area is 141 Å². The molecule has 1 aromatic heterocycles. The number of ether oxygens (including phenoxy) is 2. The molecular formula is C19H21N3O2. The number of anilines is 1. The van der Waals surface area contributed by atoms with Crippen LogP contribution in [0.4, 0.5) is 5.69 Å². The molecule has 2 aromatic carbocycles. The van der Waals surface area contributed by atoms with E-state index in [-0.39, 0.29) is 0 Å². The van der Waals surface area contributed by atoms with E-state index in [0.29, 0.717) is 6.54 Å². The first-order valence-electron chi connectivity index (χ1n) is 7.75. The molecule has 0 atom stereocenters. The molecular weight excluding hydrogens is 302 g/mol. The average molecular weight is 323 g/mol. The van der Waals surface area contributed by atoms with Gasteiger partial charge in [-0.15, -0.1) is 0 Å². The van der Waals surface area contributed by atoms with E-state index in [4.69, 9.17) is 15.2 Å². The van der Waals surface area contributed by atoms with Gasteiger partial charge in [0.25, 0.3) is 0 Å². The molecule has 3 rings (SSSR count). The number of para-hydroxylation sites is 1. The minimum Gasteiger partial charge on any atom is -0.493 e. The third-order valence-electron chi connectivity index (χ3n) is 3.97. The van der Waals surface area contributed by atoms with Crippen LogP contribution in [0, 0.1) is 0 Å². The van der Waals surface area contributed by atoms with Gasteiger partial charge in [0.2, 0.25) is 0 Å². The van der Waals surface area contributed by atoms with Crippen LogP contribution in [0.1, 0.15) is 17.0 Å². The maximum atomic E-state index is 5.74. The number of hydrogen-bond donors (Lipinski definition) is 1. The standard InChI is InChI=1S/C19H21N3O2/c1-23-17-5-3-4-15(19(17)24-2)13-22-11-10-21-18(22)12-14-6-8-16(20)9-7-14/h3-11H,12-13,20H2,1-2H3. The SMILES string of the molecule is COc1cccc(Cn2ccnc2Cc2ccc(N)cc2)c1OC. The highest BCUT2D eigenvalue weighted by atomic mass is 16.5. The molecule has 0 amide bonds. The summed E-state index contributed by atoms with van der Waals surface area (Å²) in [7, 11) is 3.30. The van der Waals surface area contributed by atoms with Crippen LogP contribution >= 0.6 is 0 Å². The Balaban J connectivity index is 1.85. The van der Waals surface area contributed by atoms with Gasteiger partial charge in [-0.2, -0.15) is 0 Å². The monoisotopic (exact) mass is 323 g/mol. The molecule has 3 aromatic rings. The summed E-state index contributed by atoms with van der Waals surface area (Å²) in [6, 6.07) is 13.8. The Kier molecular flexibility index (Phi) is 4.70. The fourth-order valence-electron chi connectivity index (χ4n) is 2.73. The Hall–Kier alpha value is -2.95. The Morgan fingerprint density at radius 1 is 1.04 bits per heavy atom. The largest absolute Gasteiger partial charge is 0.493 e. The first-order valence-corrected chi connectivity index (χ1v) is 7.75. The summed E-state index contributed by atoms with van der Waals surface area (Å²) in [4.78, 5) is 4.49. The van der Waals surface area contributed by atoms with E-state index < -0.39 is 0 Å². The molecule has 24 heavy (non-hydrogen) atoms. The number of methoxy groups -OCH3 is 2. The van der Waals surface area contributed by atoms with Gasteiger partial charge in [-0.25, -0.2) is 4.98 Å². The van der Waals surface area contributed by atoms with Crippen LogP contribution in [0.15, 0.2) is 54.9 Å².